The van der Waals surface area contributed by atoms with Crippen LogP contribution in [0, 0.1) is 5.92 Å². The number of halogens is 1. The number of allylic oxidation sites excluding steroid dienone is 6. The Bertz CT molecular complexity index is 404. The molecule has 3 heteroatoms. The average Bonchev–Trinajstić information content (AvgIpc) is 3.12. The summed E-state index contributed by atoms with van der Waals surface area (Å²) in [5.74, 6) is 0.338. The molecule has 0 saturated heterocycles. The van der Waals surface area contributed by atoms with Gasteiger partial charge in [-0.2, -0.15) is 0 Å². The SMILES string of the molecule is CCCCC(CC)C(O)(C1=CC=CC1)C1=CC=CC1.Cl.[Hf]. The van der Waals surface area contributed by atoms with E-state index in [-0.39, 0.29) is 38.3 Å². The van der Waals surface area contributed by atoms with Gasteiger partial charge in [-0.25, -0.2) is 0 Å². The van der Waals surface area contributed by atoms with Gasteiger partial charge in [-0.3, -0.25) is 0 Å². The molecule has 1 N–H and O–H groups in total. The van der Waals surface area contributed by atoms with Crippen molar-refractivity contribution < 1.29 is 30.9 Å². The molecule has 0 saturated carbocycles. The van der Waals surface area contributed by atoms with E-state index in [0.29, 0.717) is 5.92 Å². The number of hydrogen-bond donors (Lipinski definition) is 1. The molecule has 2 rings (SSSR count). The van der Waals surface area contributed by atoms with Crippen molar-refractivity contribution in [1.29, 1.82) is 0 Å². The molecule has 116 valence electrons. The molecule has 1 nitrogen and oxygen atoms in total. The Morgan fingerprint density at radius 2 is 1.62 bits per heavy atom. The fraction of sp³-hybridized carbons (Fsp3) is 0.556. The molecule has 0 aromatic heterocycles. The monoisotopic (exact) mass is 474 g/mol. The van der Waals surface area contributed by atoms with Crippen molar-refractivity contribution in [3.63, 3.8) is 0 Å². The van der Waals surface area contributed by atoms with Crippen LogP contribution >= 0.6 is 12.4 Å². The van der Waals surface area contributed by atoms with Crippen LogP contribution in [0.25, 0.3) is 0 Å². The molecule has 0 fully saturated rings. The smallest absolute Gasteiger partial charge is 0.111 e. The summed E-state index contributed by atoms with van der Waals surface area (Å²) in [4.78, 5) is 0. The standard InChI is InChI=1S/C18H26O.ClH.Hf/c1-3-5-10-15(4-2)18(19,16-11-6-7-12-16)17-13-8-9-14-17;;/h6-9,11,13,15,19H,3-5,10,12,14H2,1-2H3;1H;. The van der Waals surface area contributed by atoms with Gasteiger partial charge in [0.05, 0.1) is 0 Å². The number of rotatable bonds is 7. The van der Waals surface area contributed by atoms with Gasteiger partial charge < -0.3 is 5.11 Å². The molecule has 0 spiro atoms. The second-order valence-corrected chi connectivity index (χ2v) is 5.66. The zero-order valence-corrected chi connectivity index (χ0v) is 17.5. The second-order valence-electron chi connectivity index (χ2n) is 5.66. The van der Waals surface area contributed by atoms with E-state index in [0.717, 1.165) is 25.7 Å². The largest absolute Gasteiger partial charge is 0.381 e. The van der Waals surface area contributed by atoms with Crippen molar-refractivity contribution >= 4 is 12.4 Å². The summed E-state index contributed by atoms with van der Waals surface area (Å²) >= 11 is 0. The Labute approximate surface area is 154 Å². The molecule has 0 bridgehead atoms. The maximum Gasteiger partial charge on any atom is 0.111 e. The summed E-state index contributed by atoms with van der Waals surface area (Å²) in [6.45, 7) is 4.43. The van der Waals surface area contributed by atoms with Crippen LogP contribution in [0.1, 0.15) is 52.4 Å². The molecular formula is C18H27ClHfO. The van der Waals surface area contributed by atoms with E-state index in [4.69, 9.17) is 0 Å². The van der Waals surface area contributed by atoms with Crippen molar-refractivity contribution in [3.05, 3.63) is 47.6 Å². The van der Waals surface area contributed by atoms with Crippen molar-refractivity contribution in [2.75, 3.05) is 0 Å². The van der Waals surface area contributed by atoms with Crippen LogP contribution in [0.5, 0.6) is 0 Å². The van der Waals surface area contributed by atoms with E-state index in [1.54, 1.807) is 0 Å². The Hall–Kier alpha value is 0.0801. The molecule has 0 aromatic carbocycles. The Morgan fingerprint density at radius 1 is 1.10 bits per heavy atom. The van der Waals surface area contributed by atoms with E-state index >= 15 is 0 Å². The predicted octanol–water partition coefficient (Wildman–Crippen LogP) is 5.13. The van der Waals surface area contributed by atoms with Crippen LogP contribution in [-0.2, 0) is 25.8 Å². The van der Waals surface area contributed by atoms with Gasteiger partial charge >= 0.3 is 0 Å². The number of hydrogen-bond acceptors (Lipinski definition) is 1. The molecule has 0 heterocycles. The Kier molecular flexibility index (Phi) is 10.0. The van der Waals surface area contributed by atoms with Crippen LogP contribution in [0.15, 0.2) is 47.6 Å². The summed E-state index contributed by atoms with van der Waals surface area (Å²) in [5.41, 5.74) is 1.65. The van der Waals surface area contributed by atoms with Crippen LogP contribution in [0.2, 0.25) is 0 Å². The first-order valence-electron chi connectivity index (χ1n) is 7.68. The van der Waals surface area contributed by atoms with Gasteiger partial charge in [-0.15, -0.1) is 12.4 Å². The molecule has 21 heavy (non-hydrogen) atoms. The first-order valence-corrected chi connectivity index (χ1v) is 7.68. The molecule has 2 aliphatic rings. The quantitative estimate of drug-likeness (QED) is 0.509. The Morgan fingerprint density at radius 3 is 1.95 bits per heavy atom. The van der Waals surface area contributed by atoms with Gasteiger partial charge in [0.2, 0.25) is 0 Å². The summed E-state index contributed by atoms with van der Waals surface area (Å²) in [6.07, 6.45) is 19.0. The van der Waals surface area contributed by atoms with Gasteiger partial charge in [-0.05, 0) is 42.7 Å². The van der Waals surface area contributed by atoms with Crippen molar-refractivity contribution in [1.82, 2.24) is 0 Å². The van der Waals surface area contributed by atoms with Crippen molar-refractivity contribution in [2.24, 2.45) is 5.92 Å². The molecule has 1 atom stereocenters. The average molecular weight is 473 g/mol. The van der Waals surface area contributed by atoms with Crippen molar-refractivity contribution in [2.45, 2.75) is 58.0 Å². The third-order valence-corrected chi connectivity index (χ3v) is 4.51. The summed E-state index contributed by atoms with van der Waals surface area (Å²) in [5, 5.41) is 11.5. The molecular weight excluding hydrogens is 446 g/mol. The maximum atomic E-state index is 11.5. The zero-order chi connectivity index (χ0) is 13.7. The third kappa shape index (κ3) is 4.53. The first-order chi connectivity index (χ1) is 9.23. The minimum Gasteiger partial charge on any atom is -0.381 e. The van der Waals surface area contributed by atoms with E-state index in [9.17, 15) is 5.11 Å². The molecule has 0 radical (unpaired) electrons. The van der Waals surface area contributed by atoms with Gasteiger partial charge in [0.25, 0.3) is 0 Å². The van der Waals surface area contributed by atoms with Crippen molar-refractivity contribution in [3.8, 4) is 0 Å². The number of aliphatic hydroxyl groups is 1. The minimum absolute atomic E-state index is 0. The van der Waals surface area contributed by atoms with E-state index in [1.807, 2.05) is 0 Å². The molecule has 0 aromatic rings. The van der Waals surface area contributed by atoms with Crippen LogP contribution in [0.3, 0.4) is 0 Å². The summed E-state index contributed by atoms with van der Waals surface area (Å²) in [7, 11) is 0. The van der Waals surface area contributed by atoms with Gasteiger partial charge in [0.1, 0.15) is 5.60 Å². The predicted molar refractivity (Wildman–Crippen MR) is 89.2 cm³/mol. The second kappa shape index (κ2) is 9.97. The van der Waals surface area contributed by atoms with E-state index in [2.05, 4.69) is 50.3 Å². The first kappa shape index (κ1) is 21.1. The minimum atomic E-state index is -0.725. The van der Waals surface area contributed by atoms with Crippen LogP contribution < -0.4 is 0 Å². The van der Waals surface area contributed by atoms with Gasteiger partial charge in [-0.1, -0.05) is 63.1 Å². The fourth-order valence-corrected chi connectivity index (χ4v) is 3.35. The fourth-order valence-electron chi connectivity index (χ4n) is 3.35. The van der Waals surface area contributed by atoms with Gasteiger partial charge in [0.15, 0.2) is 0 Å². The number of unbranched alkanes of at least 4 members (excludes halogenated alkanes) is 1. The molecule has 2 aliphatic carbocycles. The van der Waals surface area contributed by atoms with E-state index < -0.39 is 5.60 Å². The normalized spacial score (nSPS) is 17.9. The summed E-state index contributed by atoms with van der Waals surface area (Å²) < 4.78 is 0. The summed E-state index contributed by atoms with van der Waals surface area (Å²) in [6, 6.07) is 0. The zero-order valence-electron chi connectivity index (χ0n) is 13.1. The maximum absolute atomic E-state index is 11.5. The molecule has 1 unspecified atom stereocenters. The van der Waals surface area contributed by atoms with Crippen LogP contribution in [-0.4, -0.2) is 10.7 Å². The third-order valence-electron chi connectivity index (χ3n) is 4.51. The molecule has 0 aliphatic heterocycles. The molecule has 0 amide bonds. The van der Waals surface area contributed by atoms with Crippen LogP contribution in [0.4, 0.5) is 0 Å². The van der Waals surface area contributed by atoms with E-state index in [1.165, 1.54) is 24.0 Å². The topological polar surface area (TPSA) is 20.2 Å². The van der Waals surface area contributed by atoms with Gasteiger partial charge in [0, 0.05) is 25.8 Å². The Balaban J connectivity index is 0.00000200.